The minimum absolute atomic E-state index is 0.188. The third-order valence-corrected chi connectivity index (χ3v) is 4.53. The number of halogens is 1. The Kier molecular flexibility index (Phi) is 6.21. The summed E-state index contributed by atoms with van der Waals surface area (Å²) >= 11 is 6.31. The number of nitrogens with one attached hydrogen (secondary N) is 1. The fraction of sp³-hybridized carbons (Fsp3) is 0.238. The van der Waals surface area contributed by atoms with Crippen LogP contribution in [-0.4, -0.2) is 29.9 Å². The minimum Gasteiger partial charge on any atom is -0.497 e. The molecule has 2 heterocycles. The molecule has 0 saturated heterocycles. The second-order valence-corrected chi connectivity index (χ2v) is 6.83. The Hall–Kier alpha value is -2.99. The molecule has 0 aliphatic carbocycles. The van der Waals surface area contributed by atoms with E-state index in [2.05, 4.69) is 30.9 Å². The van der Waals surface area contributed by atoms with E-state index in [0.717, 1.165) is 22.8 Å². The van der Waals surface area contributed by atoms with Gasteiger partial charge < -0.3 is 14.8 Å². The Balaban J connectivity index is 1.81. The zero-order valence-corrected chi connectivity index (χ0v) is 16.9. The summed E-state index contributed by atoms with van der Waals surface area (Å²) < 4.78 is 12.7. The van der Waals surface area contributed by atoms with Crippen LogP contribution in [0.2, 0.25) is 5.02 Å². The molecule has 0 bridgehead atoms. The predicted octanol–water partition coefficient (Wildman–Crippen LogP) is 5.20. The van der Waals surface area contributed by atoms with Crippen LogP contribution in [0, 0.1) is 0 Å². The van der Waals surface area contributed by atoms with Gasteiger partial charge in [0.1, 0.15) is 17.7 Å². The molecule has 0 aliphatic heterocycles. The van der Waals surface area contributed by atoms with Gasteiger partial charge in [-0.3, -0.25) is 9.39 Å². The highest BCUT2D eigenvalue weighted by atomic mass is 35.5. The molecule has 3 rings (SSSR count). The lowest BCUT2D eigenvalue weighted by Gasteiger charge is -2.10. The number of rotatable bonds is 8. The Morgan fingerprint density at radius 3 is 2.71 bits per heavy atom. The van der Waals surface area contributed by atoms with Crippen molar-refractivity contribution in [2.24, 2.45) is 4.99 Å². The maximum atomic E-state index is 6.31. The molecule has 0 fully saturated rings. The average Bonchev–Trinajstić information content (AvgIpc) is 3.10. The summed E-state index contributed by atoms with van der Waals surface area (Å²) in [4.78, 5) is 8.85. The third-order valence-electron chi connectivity index (χ3n) is 4.23. The van der Waals surface area contributed by atoms with Crippen molar-refractivity contribution in [1.29, 1.82) is 0 Å². The lowest BCUT2D eigenvalue weighted by molar-refractivity contribution is 0.276. The summed E-state index contributed by atoms with van der Waals surface area (Å²) in [5.41, 5.74) is 3.92. The van der Waals surface area contributed by atoms with Crippen molar-refractivity contribution in [1.82, 2.24) is 9.38 Å². The number of fused-ring (bicyclic) bond motifs is 1. The summed E-state index contributed by atoms with van der Waals surface area (Å²) in [6.07, 6.45) is 3.49. The Bertz CT molecular complexity index is 994. The smallest absolute Gasteiger partial charge is 0.158 e. The zero-order chi connectivity index (χ0) is 20.1. The van der Waals surface area contributed by atoms with Gasteiger partial charge in [-0.15, -0.1) is 0 Å². The standard InChI is InChI=1S/C21H23ClN4O2/c1-14(2)19-20(26-11-5-6-17(22)21(26)25-19)18(23-3)12-28-13-24-15-7-9-16(27-4)10-8-15/h5-12,14,24H,3,13H2,1-2,4H3/b18-12-. The highest BCUT2D eigenvalue weighted by Gasteiger charge is 2.19. The molecule has 0 atom stereocenters. The van der Waals surface area contributed by atoms with Gasteiger partial charge in [0.05, 0.1) is 23.5 Å². The van der Waals surface area contributed by atoms with Crippen LogP contribution in [-0.2, 0) is 4.74 Å². The van der Waals surface area contributed by atoms with E-state index in [-0.39, 0.29) is 12.6 Å². The molecular weight excluding hydrogens is 376 g/mol. The average molecular weight is 399 g/mol. The first-order valence-electron chi connectivity index (χ1n) is 8.88. The molecule has 3 aromatic rings. The van der Waals surface area contributed by atoms with Gasteiger partial charge in [0.15, 0.2) is 12.4 Å². The molecule has 1 N–H and O–H groups in total. The van der Waals surface area contributed by atoms with E-state index in [1.807, 2.05) is 47.0 Å². The van der Waals surface area contributed by atoms with Crippen LogP contribution >= 0.6 is 11.6 Å². The van der Waals surface area contributed by atoms with Crippen LogP contribution < -0.4 is 10.1 Å². The first-order chi connectivity index (χ1) is 13.5. The van der Waals surface area contributed by atoms with Crippen molar-refractivity contribution in [2.75, 3.05) is 19.2 Å². The largest absolute Gasteiger partial charge is 0.497 e. The molecule has 28 heavy (non-hydrogen) atoms. The number of nitrogens with zero attached hydrogens (tertiary/aromatic N) is 3. The number of aliphatic imine (C=N–C) groups is 1. The van der Waals surface area contributed by atoms with Gasteiger partial charge in [0, 0.05) is 11.9 Å². The quantitative estimate of drug-likeness (QED) is 0.245. The SMILES string of the molecule is C=N/C(=C\OCNc1ccc(OC)cc1)c1c(C(C)C)nc2c(Cl)cccn12. The van der Waals surface area contributed by atoms with Crippen molar-refractivity contribution in [3.8, 4) is 5.75 Å². The number of hydrogen-bond donors (Lipinski definition) is 1. The summed E-state index contributed by atoms with van der Waals surface area (Å²) in [7, 11) is 1.64. The maximum Gasteiger partial charge on any atom is 0.158 e. The fourth-order valence-corrected chi connectivity index (χ4v) is 3.04. The van der Waals surface area contributed by atoms with E-state index < -0.39 is 0 Å². The summed E-state index contributed by atoms with van der Waals surface area (Å²) in [5, 5.41) is 3.76. The van der Waals surface area contributed by atoms with Gasteiger partial charge in [-0.05, 0) is 49.0 Å². The Morgan fingerprint density at radius 1 is 1.32 bits per heavy atom. The van der Waals surface area contributed by atoms with Gasteiger partial charge in [0.2, 0.25) is 0 Å². The lowest BCUT2D eigenvalue weighted by Crippen LogP contribution is -2.04. The monoisotopic (exact) mass is 398 g/mol. The van der Waals surface area contributed by atoms with Crippen LogP contribution in [0.15, 0.2) is 53.8 Å². The molecule has 0 saturated carbocycles. The molecule has 0 unspecified atom stereocenters. The first kappa shape index (κ1) is 19.8. The number of anilines is 1. The van der Waals surface area contributed by atoms with Crippen molar-refractivity contribution in [2.45, 2.75) is 19.8 Å². The number of ether oxygens (including phenoxy) is 2. The van der Waals surface area contributed by atoms with Crippen molar-refractivity contribution in [3.63, 3.8) is 0 Å². The van der Waals surface area contributed by atoms with E-state index in [9.17, 15) is 0 Å². The minimum atomic E-state index is 0.188. The molecule has 0 amide bonds. The molecule has 2 aromatic heterocycles. The highest BCUT2D eigenvalue weighted by molar-refractivity contribution is 6.33. The molecular formula is C21H23ClN4O2. The maximum absolute atomic E-state index is 6.31. The van der Waals surface area contributed by atoms with E-state index in [4.69, 9.17) is 26.1 Å². The molecule has 0 spiro atoms. The molecule has 0 aliphatic rings. The summed E-state index contributed by atoms with van der Waals surface area (Å²) in [6, 6.07) is 11.3. The van der Waals surface area contributed by atoms with E-state index >= 15 is 0 Å². The van der Waals surface area contributed by atoms with Crippen molar-refractivity contribution >= 4 is 35.4 Å². The second-order valence-electron chi connectivity index (χ2n) is 6.43. The van der Waals surface area contributed by atoms with Crippen LogP contribution in [0.5, 0.6) is 5.75 Å². The Labute approximate surface area is 169 Å². The molecule has 1 aromatic carbocycles. The molecule has 146 valence electrons. The van der Waals surface area contributed by atoms with Crippen LogP contribution in [0.25, 0.3) is 11.3 Å². The molecule has 0 radical (unpaired) electrons. The first-order valence-corrected chi connectivity index (χ1v) is 9.26. The zero-order valence-electron chi connectivity index (χ0n) is 16.1. The number of benzene rings is 1. The van der Waals surface area contributed by atoms with Crippen LogP contribution in [0.1, 0.15) is 31.2 Å². The van der Waals surface area contributed by atoms with E-state index in [1.54, 1.807) is 13.4 Å². The Morgan fingerprint density at radius 2 is 2.07 bits per heavy atom. The number of imidazole rings is 1. The summed E-state index contributed by atoms with van der Waals surface area (Å²) in [6.45, 7) is 8.12. The highest BCUT2D eigenvalue weighted by Crippen LogP contribution is 2.30. The molecule has 6 nitrogen and oxygen atoms in total. The van der Waals surface area contributed by atoms with Gasteiger partial charge in [0.25, 0.3) is 0 Å². The van der Waals surface area contributed by atoms with Gasteiger partial charge >= 0.3 is 0 Å². The second kappa shape index (κ2) is 8.80. The van der Waals surface area contributed by atoms with Crippen molar-refractivity contribution < 1.29 is 9.47 Å². The lowest BCUT2D eigenvalue weighted by atomic mass is 10.1. The van der Waals surface area contributed by atoms with Gasteiger partial charge in [-0.2, -0.15) is 0 Å². The topological polar surface area (TPSA) is 60.1 Å². The van der Waals surface area contributed by atoms with Crippen LogP contribution in [0.4, 0.5) is 5.69 Å². The van der Waals surface area contributed by atoms with E-state index in [0.29, 0.717) is 16.4 Å². The fourth-order valence-electron chi connectivity index (χ4n) is 2.83. The molecule has 7 heteroatoms. The number of hydrogen-bond acceptors (Lipinski definition) is 5. The van der Waals surface area contributed by atoms with Crippen molar-refractivity contribution in [3.05, 3.63) is 65.3 Å². The predicted molar refractivity (Wildman–Crippen MR) is 114 cm³/mol. The van der Waals surface area contributed by atoms with E-state index in [1.165, 1.54) is 0 Å². The van der Waals surface area contributed by atoms with Gasteiger partial charge in [-0.25, -0.2) is 4.98 Å². The van der Waals surface area contributed by atoms with Crippen LogP contribution in [0.3, 0.4) is 0 Å². The number of aromatic nitrogens is 2. The normalized spacial score (nSPS) is 11.7. The summed E-state index contributed by atoms with van der Waals surface area (Å²) in [5.74, 6) is 0.991. The third kappa shape index (κ3) is 4.12. The van der Waals surface area contributed by atoms with Gasteiger partial charge in [-0.1, -0.05) is 25.4 Å². The number of pyridine rings is 1. The number of methoxy groups -OCH3 is 1.